The van der Waals surface area contributed by atoms with Crippen molar-refractivity contribution in [2.45, 2.75) is 13.2 Å². The number of benzene rings is 2. The van der Waals surface area contributed by atoms with Crippen molar-refractivity contribution in [3.8, 4) is 0 Å². The molecule has 0 fully saturated rings. The molecule has 2 aromatic rings. The molecular formula is C14H14BCl. The topological polar surface area (TPSA) is 0 Å². The maximum atomic E-state index is 6.03. The Morgan fingerprint density at radius 3 is 2.25 bits per heavy atom. The smallest absolute Gasteiger partial charge is 0.0844 e. The molecule has 0 spiro atoms. The molecule has 0 radical (unpaired) electrons. The highest BCUT2D eigenvalue weighted by atomic mass is 35.5. The monoisotopic (exact) mass is 228 g/mol. The summed E-state index contributed by atoms with van der Waals surface area (Å²) in [6, 6.07) is 18.7. The molecule has 0 saturated heterocycles. The summed E-state index contributed by atoms with van der Waals surface area (Å²) >= 11 is 6.03. The average Bonchev–Trinajstić information content (AvgIpc) is 2.31. The summed E-state index contributed by atoms with van der Waals surface area (Å²) in [6.07, 6.45) is 1.09. The molecule has 0 unspecified atom stereocenters. The van der Waals surface area contributed by atoms with Gasteiger partial charge in [-0.25, -0.2) is 0 Å². The Kier molecular flexibility index (Phi) is 3.68. The third kappa shape index (κ3) is 2.48. The Hall–Kier alpha value is -1.21. The Balaban J connectivity index is 2.37. The zero-order valence-electron chi connectivity index (χ0n) is 9.36. The highest BCUT2D eigenvalue weighted by molar-refractivity contribution is 6.85. The van der Waals surface area contributed by atoms with Crippen LogP contribution in [0.4, 0.5) is 0 Å². The first-order chi connectivity index (χ1) is 7.81. The molecule has 0 bridgehead atoms. The Labute approximate surface area is 102 Å². The predicted octanol–water partition coefficient (Wildman–Crippen LogP) is 2.97. The van der Waals surface area contributed by atoms with Gasteiger partial charge in [0.25, 0.3) is 0 Å². The van der Waals surface area contributed by atoms with Gasteiger partial charge in [-0.3, -0.25) is 0 Å². The standard InChI is InChI=1S/C14H14BCl/c1-2-15(12-7-4-3-5-8-12)13-9-6-10-14(16)11-13/h3-11H,2H2,1H3. The average molecular weight is 229 g/mol. The van der Waals surface area contributed by atoms with E-state index in [2.05, 4.69) is 43.3 Å². The van der Waals surface area contributed by atoms with Crippen molar-refractivity contribution in [3.05, 3.63) is 59.6 Å². The maximum absolute atomic E-state index is 6.03. The highest BCUT2D eigenvalue weighted by Gasteiger charge is 2.16. The minimum atomic E-state index is 0.444. The van der Waals surface area contributed by atoms with Gasteiger partial charge in [0.05, 0.1) is 0 Å². The van der Waals surface area contributed by atoms with Crippen molar-refractivity contribution >= 4 is 29.2 Å². The second kappa shape index (κ2) is 5.22. The van der Waals surface area contributed by atoms with Crippen LogP contribution in [0, 0.1) is 0 Å². The summed E-state index contributed by atoms with van der Waals surface area (Å²) in [4.78, 5) is 0. The molecule has 16 heavy (non-hydrogen) atoms. The maximum Gasteiger partial charge on any atom is 0.209 e. The van der Waals surface area contributed by atoms with Gasteiger partial charge in [0.1, 0.15) is 0 Å². The van der Waals surface area contributed by atoms with Gasteiger partial charge in [-0.05, 0) is 12.1 Å². The summed E-state index contributed by atoms with van der Waals surface area (Å²) in [5, 5.41) is 0.812. The van der Waals surface area contributed by atoms with E-state index in [9.17, 15) is 0 Å². The molecule has 2 rings (SSSR count). The normalized spacial score (nSPS) is 10.1. The van der Waals surface area contributed by atoms with Gasteiger partial charge < -0.3 is 0 Å². The molecule has 0 nitrogen and oxygen atoms in total. The molecule has 0 N–H and O–H groups in total. The van der Waals surface area contributed by atoms with Gasteiger partial charge in [-0.15, -0.1) is 0 Å². The van der Waals surface area contributed by atoms with Crippen LogP contribution in [0.2, 0.25) is 11.3 Å². The van der Waals surface area contributed by atoms with Crippen LogP contribution in [0.25, 0.3) is 0 Å². The zero-order valence-corrected chi connectivity index (χ0v) is 10.1. The SMILES string of the molecule is CCB(c1ccccc1)c1cccc(Cl)c1. The fourth-order valence-electron chi connectivity index (χ4n) is 2.07. The minimum Gasteiger partial charge on any atom is -0.0844 e. The van der Waals surface area contributed by atoms with Gasteiger partial charge in [-0.2, -0.15) is 0 Å². The van der Waals surface area contributed by atoms with Gasteiger partial charge in [0, 0.05) is 5.02 Å². The first kappa shape index (κ1) is 11.3. The first-order valence-corrected chi connectivity index (χ1v) is 5.99. The lowest BCUT2D eigenvalue weighted by molar-refractivity contribution is 1.43. The van der Waals surface area contributed by atoms with Crippen LogP contribution in [0.5, 0.6) is 0 Å². The van der Waals surface area contributed by atoms with Gasteiger partial charge >= 0.3 is 0 Å². The van der Waals surface area contributed by atoms with Crippen LogP contribution in [-0.2, 0) is 0 Å². The second-order valence-electron chi connectivity index (χ2n) is 3.93. The van der Waals surface area contributed by atoms with E-state index >= 15 is 0 Å². The summed E-state index contributed by atoms with van der Waals surface area (Å²) in [6.45, 7) is 2.65. The molecule has 2 heteroatoms. The molecule has 0 atom stereocenters. The van der Waals surface area contributed by atoms with Crippen molar-refractivity contribution in [2.75, 3.05) is 0 Å². The molecule has 0 aromatic heterocycles. The summed E-state index contributed by atoms with van der Waals surface area (Å²) in [5.41, 5.74) is 2.65. The van der Waals surface area contributed by atoms with E-state index in [-0.39, 0.29) is 0 Å². The van der Waals surface area contributed by atoms with E-state index < -0.39 is 0 Å². The molecule has 0 aliphatic rings. The molecule has 0 saturated carbocycles. The summed E-state index contributed by atoms with van der Waals surface area (Å²) < 4.78 is 0. The summed E-state index contributed by atoms with van der Waals surface area (Å²) in [5.74, 6) is 0. The molecule has 0 aliphatic carbocycles. The molecule has 0 aliphatic heterocycles. The number of hydrogen-bond acceptors (Lipinski definition) is 0. The Morgan fingerprint density at radius 1 is 0.938 bits per heavy atom. The molecule has 0 amide bonds. The van der Waals surface area contributed by atoms with Crippen LogP contribution in [0.3, 0.4) is 0 Å². The fourth-order valence-corrected chi connectivity index (χ4v) is 2.27. The minimum absolute atomic E-state index is 0.444. The predicted molar refractivity (Wildman–Crippen MR) is 73.4 cm³/mol. The van der Waals surface area contributed by atoms with E-state index in [4.69, 9.17) is 11.6 Å². The highest BCUT2D eigenvalue weighted by Crippen LogP contribution is 2.06. The number of rotatable bonds is 3. The van der Waals surface area contributed by atoms with Crippen LogP contribution in [0.1, 0.15) is 6.92 Å². The van der Waals surface area contributed by atoms with Crippen LogP contribution >= 0.6 is 11.6 Å². The van der Waals surface area contributed by atoms with Gasteiger partial charge in [-0.1, -0.05) is 78.2 Å². The third-order valence-electron chi connectivity index (χ3n) is 2.86. The number of halogens is 1. The van der Waals surface area contributed by atoms with Crippen LogP contribution in [0.15, 0.2) is 54.6 Å². The molecule has 80 valence electrons. The lowest BCUT2D eigenvalue weighted by atomic mass is 9.39. The largest absolute Gasteiger partial charge is 0.209 e. The van der Waals surface area contributed by atoms with Gasteiger partial charge in [0.15, 0.2) is 0 Å². The van der Waals surface area contributed by atoms with Crippen LogP contribution < -0.4 is 10.9 Å². The van der Waals surface area contributed by atoms with Crippen molar-refractivity contribution < 1.29 is 0 Å². The lowest BCUT2D eigenvalue weighted by Crippen LogP contribution is -2.41. The molecule has 0 heterocycles. The Bertz CT molecular complexity index is 453. The molecule has 2 aromatic carbocycles. The van der Waals surface area contributed by atoms with E-state index in [1.165, 1.54) is 10.9 Å². The van der Waals surface area contributed by atoms with Crippen molar-refractivity contribution in [1.29, 1.82) is 0 Å². The molecular weight excluding hydrogens is 214 g/mol. The quantitative estimate of drug-likeness (QED) is 0.709. The number of hydrogen-bond donors (Lipinski definition) is 0. The third-order valence-corrected chi connectivity index (χ3v) is 3.10. The lowest BCUT2D eigenvalue weighted by Gasteiger charge is -2.12. The van der Waals surface area contributed by atoms with E-state index in [1.807, 2.05) is 18.2 Å². The second-order valence-corrected chi connectivity index (χ2v) is 4.36. The Morgan fingerprint density at radius 2 is 1.62 bits per heavy atom. The summed E-state index contributed by atoms with van der Waals surface area (Å²) in [7, 11) is 0. The van der Waals surface area contributed by atoms with E-state index in [1.54, 1.807) is 0 Å². The van der Waals surface area contributed by atoms with E-state index in [0.717, 1.165) is 11.3 Å². The first-order valence-electron chi connectivity index (χ1n) is 5.61. The van der Waals surface area contributed by atoms with Crippen LogP contribution in [-0.4, -0.2) is 6.71 Å². The van der Waals surface area contributed by atoms with E-state index in [0.29, 0.717) is 6.71 Å². The van der Waals surface area contributed by atoms with Crippen molar-refractivity contribution in [2.24, 2.45) is 0 Å². The zero-order chi connectivity index (χ0) is 11.4. The fraction of sp³-hybridized carbons (Fsp3) is 0.143. The van der Waals surface area contributed by atoms with Crippen molar-refractivity contribution in [1.82, 2.24) is 0 Å². The van der Waals surface area contributed by atoms with Crippen molar-refractivity contribution in [3.63, 3.8) is 0 Å². The van der Waals surface area contributed by atoms with Gasteiger partial charge in [0.2, 0.25) is 6.71 Å².